The minimum atomic E-state index is -1.00. The number of hydrogen-bond donors (Lipinski definition) is 4. The fraction of sp³-hybridized carbons (Fsp3) is 0.314. The molecule has 2 unspecified atom stereocenters. The first-order valence-electron chi connectivity index (χ1n) is 15.4. The van der Waals surface area contributed by atoms with E-state index in [0.717, 1.165) is 66.5 Å². The number of oxazole rings is 1. The Kier molecular flexibility index (Phi) is 9.11. The van der Waals surface area contributed by atoms with Gasteiger partial charge < -0.3 is 30.0 Å². The number of carbonyl (C=O) groups is 1. The van der Waals surface area contributed by atoms with Crippen LogP contribution in [0.4, 0.5) is 20.2 Å². The van der Waals surface area contributed by atoms with Gasteiger partial charge in [-0.25, -0.2) is 13.8 Å². The van der Waals surface area contributed by atoms with Crippen LogP contribution in [0.5, 0.6) is 0 Å². The number of carbonyl (C=O) groups excluding carboxylic acids is 1. The number of para-hydroxylation sites is 1. The Balaban J connectivity index is 1.29. The molecule has 0 saturated carbocycles. The minimum Gasteiger partial charge on any atom is -0.444 e. The number of aliphatic hydroxyl groups excluding tert-OH is 1. The fourth-order valence-electron chi connectivity index (χ4n) is 6.03. The molecule has 1 amide bonds. The standard InChI is InChI=1S/C35H37F2N5O3/c1-2-3-12-42-13-10-38-33-28(35-39-11-14-45-35)19-24(20-31(33)42)34(44)41-30(17-22-15-25(36)21-26(37)16-22)32(43)9-8-27-18-23-6-4-5-7-29(23)40-27/h4-7,11,14-16,18-21,30,32,38,40,43H,2-3,8-10,12-13,17H2,1H3,(H,41,44). The predicted octanol–water partition coefficient (Wildman–Crippen LogP) is 6.47. The fourth-order valence-corrected chi connectivity index (χ4v) is 6.03. The summed E-state index contributed by atoms with van der Waals surface area (Å²) >= 11 is 0. The zero-order valence-corrected chi connectivity index (χ0v) is 25.2. The Morgan fingerprint density at radius 1 is 1.13 bits per heavy atom. The molecule has 2 atom stereocenters. The molecule has 1 aliphatic heterocycles. The number of benzene rings is 3. The highest BCUT2D eigenvalue weighted by Crippen LogP contribution is 2.39. The average molecular weight is 614 g/mol. The molecule has 5 aromatic rings. The van der Waals surface area contributed by atoms with Crippen molar-refractivity contribution < 1.29 is 23.1 Å². The number of anilines is 2. The van der Waals surface area contributed by atoms with Gasteiger partial charge >= 0.3 is 0 Å². The number of unbranched alkanes of at least 4 members (excludes halogenated alkanes) is 1. The summed E-state index contributed by atoms with van der Waals surface area (Å²) in [4.78, 5) is 23.9. The Bertz CT molecular complexity index is 1720. The highest BCUT2D eigenvalue weighted by Gasteiger charge is 2.27. The molecule has 0 fully saturated rings. The van der Waals surface area contributed by atoms with Gasteiger partial charge in [-0.2, -0.15) is 0 Å². The highest BCUT2D eigenvalue weighted by molar-refractivity contribution is 6.00. The summed E-state index contributed by atoms with van der Waals surface area (Å²) in [7, 11) is 0. The van der Waals surface area contributed by atoms with E-state index in [4.69, 9.17) is 4.42 Å². The van der Waals surface area contributed by atoms with E-state index in [1.165, 1.54) is 18.4 Å². The smallest absolute Gasteiger partial charge is 0.251 e. The van der Waals surface area contributed by atoms with Crippen molar-refractivity contribution in [3.63, 3.8) is 0 Å². The Labute approximate surface area is 260 Å². The maximum Gasteiger partial charge on any atom is 0.251 e. The minimum absolute atomic E-state index is 0.0377. The summed E-state index contributed by atoms with van der Waals surface area (Å²) in [5.74, 6) is -1.46. The van der Waals surface area contributed by atoms with Crippen LogP contribution in [0.25, 0.3) is 22.4 Å². The number of aryl methyl sites for hydroxylation is 1. The average Bonchev–Trinajstić information content (AvgIpc) is 3.71. The first kappa shape index (κ1) is 30.3. The quantitative estimate of drug-likeness (QED) is 0.129. The number of hydrogen-bond acceptors (Lipinski definition) is 6. The number of H-pyrrole nitrogens is 1. The molecular formula is C35H37F2N5O3. The first-order valence-corrected chi connectivity index (χ1v) is 15.4. The van der Waals surface area contributed by atoms with E-state index < -0.39 is 29.7 Å². The van der Waals surface area contributed by atoms with Gasteiger partial charge in [0.1, 0.15) is 17.9 Å². The number of halogens is 2. The molecule has 6 rings (SSSR count). The van der Waals surface area contributed by atoms with Crippen LogP contribution >= 0.6 is 0 Å². The van der Waals surface area contributed by atoms with E-state index in [9.17, 15) is 18.7 Å². The van der Waals surface area contributed by atoms with Gasteiger partial charge in [0.25, 0.3) is 5.91 Å². The number of amides is 1. The van der Waals surface area contributed by atoms with Crippen molar-refractivity contribution in [2.24, 2.45) is 0 Å². The molecule has 3 heterocycles. The van der Waals surface area contributed by atoms with Crippen molar-refractivity contribution in [2.45, 2.75) is 51.2 Å². The number of aromatic nitrogens is 2. The third-order valence-corrected chi connectivity index (χ3v) is 8.30. The van der Waals surface area contributed by atoms with Crippen molar-refractivity contribution in [1.82, 2.24) is 15.3 Å². The lowest BCUT2D eigenvalue weighted by atomic mass is 9.96. The zero-order valence-electron chi connectivity index (χ0n) is 25.2. The number of aliphatic hydroxyl groups is 1. The van der Waals surface area contributed by atoms with Gasteiger partial charge in [0, 0.05) is 42.5 Å². The molecule has 0 aliphatic carbocycles. The van der Waals surface area contributed by atoms with E-state index in [1.807, 2.05) is 36.4 Å². The van der Waals surface area contributed by atoms with Crippen LogP contribution in [-0.4, -0.2) is 52.8 Å². The van der Waals surface area contributed by atoms with E-state index in [2.05, 4.69) is 32.4 Å². The van der Waals surface area contributed by atoms with Crippen LogP contribution in [0, 0.1) is 11.6 Å². The van der Waals surface area contributed by atoms with E-state index >= 15 is 0 Å². The van der Waals surface area contributed by atoms with Crippen LogP contribution in [0.3, 0.4) is 0 Å². The zero-order chi connectivity index (χ0) is 31.3. The maximum absolute atomic E-state index is 14.1. The number of fused-ring (bicyclic) bond motifs is 2. The van der Waals surface area contributed by atoms with Crippen molar-refractivity contribution in [3.05, 3.63) is 102 Å². The number of rotatable bonds is 12. The first-order chi connectivity index (χ1) is 21.9. The molecule has 45 heavy (non-hydrogen) atoms. The van der Waals surface area contributed by atoms with Gasteiger partial charge in [0.05, 0.1) is 35.3 Å². The molecule has 8 nitrogen and oxygen atoms in total. The van der Waals surface area contributed by atoms with Gasteiger partial charge in [-0.1, -0.05) is 31.5 Å². The Morgan fingerprint density at radius 2 is 1.96 bits per heavy atom. The molecular weight excluding hydrogens is 576 g/mol. The number of aromatic amines is 1. The molecule has 0 saturated heterocycles. The Morgan fingerprint density at radius 3 is 2.71 bits per heavy atom. The van der Waals surface area contributed by atoms with Crippen molar-refractivity contribution >= 4 is 28.2 Å². The van der Waals surface area contributed by atoms with Crippen LogP contribution in [0.2, 0.25) is 0 Å². The SMILES string of the molecule is CCCCN1CCNc2c(-c3ncco3)cc(C(=O)NC(Cc3cc(F)cc(F)c3)C(O)CCc3cc4ccccc4[nH]3)cc21. The van der Waals surface area contributed by atoms with Crippen LogP contribution in [0.1, 0.15) is 47.8 Å². The maximum atomic E-state index is 14.1. The lowest BCUT2D eigenvalue weighted by Crippen LogP contribution is -2.45. The van der Waals surface area contributed by atoms with Gasteiger partial charge in [-0.3, -0.25) is 4.79 Å². The van der Waals surface area contributed by atoms with Gasteiger partial charge in [-0.05, 0) is 73.0 Å². The van der Waals surface area contributed by atoms with E-state index in [0.29, 0.717) is 35.4 Å². The molecule has 0 radical (unpaired) electrons. The molecule has 3 aromatic carbocycles. The lowest BCUT2D eigenvalue weighted by Gasteiger charge is -2.33. The normalized spacial score (nSPS) is 14.2. The number of nitrogens with zero attached hydrogens (tertiary/aromatic N) is 2. The lowest BCUT2D eigenvalue weighted by molar-refractivity contribution is 0.0814. The molecule has 10 heteroatoms. The third kappa shape index (κ3) is 7.01. The molecule has 1 aliphatic rings. The number of nitrogens with one attached hydrogen (secondary N) is 3. The molecule has 234 valence electrons. The predicted molar refractivity (Wildman–Crippen MR) is 171 cm³/mol. The van der Waals surface area contributed by atoms with Gasteiger partial charge in [0.2, 0.25) is 5.89 Å². The second-order valence-corrected chi connectivity index (χ2v) is 11.6. The van der Waals surface area contributed by atoms with E-state index in [-0.39, 0.29) is 6.42 Å². The summed E-state index contributed by atoms with van der Waals surface area (Å²) in [6, 6.07) is 16.0. The Hall–Kier alpha value is -4.70. The second kappa shape index (κ2) is 13.5. The summed E-state index contributed by atoms with van der Waals surface area (Å²) in [6.07, 6.45) is 4.95. The monoisotopic (exact) mass is 613 g/mol. The van der Waals surface area contributed by atoms with Crippen LogP contribution in [0.15, 0.2) is 77.5 Å². The van der Waals surface area contributed by atoms with E-state index in [1.54, 1.807) is 12.3 Å². The van der Waals surface area contributed by atoms with Crippen molar-refractivity contribution in [1.29, 1.82) is 0 Å². The van der Waals surface area contributed by atoms with Gasteiger partial charge in [-0.15, -0.1) is 0 Å². The molecule has 4 N–H and O–H groups in total. The van der Waals surface area contributed by atoms with Crippen LogP contribution in [-0.2, 0) is 12.8 Å². The summed E-state index contributed by atoms with van der Waals surface area (Å²) in [5.41, 5.74) is 5.03. The van der Waals surface area contributed by atoms with Crippen molar-refractivity contribution in [2.75, 3.05) is 29.9 Å². The molecule has 0 spiro atoms. The molecule has 2 aromatic heterocycles. The largest absolute Gasteiger partial charge is 0.444 e. The summed E-state index contributed by atoms with van der Waals surface area (Å²) in [5, 5.41) is 18.9. The highest BCUT2D eigenvalue weighted by atomic mass is 19.1. The summed E-state index contributed by atoms with van der Waals surface area (Å²) in [6.45, 7) is 4.49. The van der Waals surface area contributed by atoms with Gasteiger partial charge in [0.15, 0.2) is 0 Å². The van der Waals surface area contributed by atoms with Crippen LogP contribution < -0.4 is 15.5 Å². The van der Waals surface area contributed by atoms with Crippen molar-refractivity contribution in [3.8, 4) is 11.5 Å². The molecule has 0 bridgehead atoms. The topological polar surface area (TPSA) is 106 Å². The third-order valence-electron chi connectivity index (χ3n) is 8.30. The second-order valence-electron chi connectivity index (χ2n) is 11.6. The summed E-state index contributed by atoms with van der Waals surface area (Å²) < 4.78 is 33.9.